The van der Waals surface area contributed by atoms with Gasteiger partial charge in [0, 0.05) is 6.42 Å². The van der Waals surface area contributed by atoms with E-state index in [9.17, 15) is 9.59 Å². The van der Waals surface area contributed by atoms with Gasteiger partial charge in [-0.3, -0.25) is 4.79 Å². The van der Waals surface area contributed by atoms with Crippen molar-refractivity contribution in [2.75, 3.05) is 0 Å². The van der Waals surface area contributed by atoms with Gasteiger partial charge in [-0.25, -0.2) is 0 Å². The molecule has 0 radical (unpaired) electrons. The Bertz CT molecular complexity index is 153. The van der Waals surface area contributed by atoms with E-state index in [-0.39, 0.29) is 5.78 Å². The minimum Gasteiger partial charge on any atom is -0.303 e. The molecule has 12 heavy (non-hydrogen) atoms. The highest BCUT2D eigenvalue weighted by Crippen LogP contribution is 1.86. The highest BCUT2D eigenvalue weighted by molar-refractivity contribution is 5.87. The van der Waals surface area contributed by atoms with Crippen LogP contribution < -0.4 is 0 Å². The minimum atomic E-state index is 0.125. The van der Waals surface area contributed by atoms with Gasteiger partial charge in [0.15, 0.2) is 5.78 Å². The van der Waals surface area contributed by atoms with Gasteiger partial charge in [-0.15, -0.1) is 0 Å². The van der Waals surface area contributed by atoms with E-state index >= 15 is 0 Å². The predicted octanol–water partition coefficient (Wildman–Crippen LogP) is 2.53. The molecule has 0 aromatic rings. The topological polar surface area (TPSA) is 34.1 Å². The zero-order chi connectivity index (χ0) is 9.98. The molecule has 0 saturated carbocycles. The third-order valence-corrected chi connectivity index (χ3v) is 0.898. The van der Waals surface area contributed by atoms with Crippen LogP contribution in [0.1, 0.15) is 40.5 Å². The van der Waals surface area contributed by atoms with Crippen LogP contribution in [0, 0.1) is 0 Å². The molecule has 70 valence electrons. The zero-order valence-electron chi connectivity index (χ0n) is 8.39. The number of allylic oxidation sites excluding steroid dienone is 2. The van der Waals surface area contributed by atoms with Gasteiger partial charge in [-0.2, -0.15) is 0 Å². The summed E-state index contributed by atoms with van der Waals surface area (Å²) in [4.78, 5) is 19.6. The summed E-state index contributed by atoms with van der Waals surface area (Å²) >= 11 is 0. The molecule has 0 aliphatic carbocycles. The average molecular weight is 170 g/mol. The van der Waals surface area contributed by atoms with Crippen molar-refractivity contribution in [2.45, 2.75) is 40.5 Å². The number of hydrogen-bond acceptors (Lipinski definition) is 2. The summed E-state index contributed by atoms with van der Waals surface area (Å²) in [5, 5.41) is 0. The first-order chi connectivity index (χ1) is 5.54. The number of rotatable bonds is 3. The molecule has 2 heteroatoms. The van der Waals surface area contributed by atoms with Gasteiger partial charge in [-0.05, 0) is 33.3 Å². The molecule has 0 heterocycles. The van der Waals surface area contributed by atoms with E-state index in [1.165, 1.54) is 0 Å². The fourth-order valence-electron chi connectivity index (χ4n) is 0.524. The maximum absolute atomic E-state index is 10.2. The number of hydrogen-bond donors (Lipinski definition) is 0. The molecule has 0 aromatic carbocycles. The first kappa shape index (κ1) is 13.7. The normalized spacial score (nSPS) is 7.67. The van der Waals surface area contributed by atoms with Crippen molar-refractivity contribution in [2.24, 2.45) is 0 Å². The van der Waals surface area contributed by atoms with Crippen LogP contribution in [0.15, 0.2) is 11.6 Å². The molecule has 0 rings (SSSR count). The average Bonchev–Trinajstić information content (AvgIpc) is 1.87. The molecule has 0 fully saturated rings. The van der Waals surface area contributed by atoms with Crippen LogP contribution in [-0.4, -0.2) is 12.1 Å². The molecule has 0 spiro atoms. The standard InChI is InChI=1S/C6H10O.C4H8O/c1-5(2)4-6(3)7;1-2-3-4-5/h4H,1-3H3;4H,2-3H2,1H3. The number of unbranched alkanes of at least 4 members (excludes halogenated alkanes) is 1. The zero-order valence-corrected chi connectivity index (χ0v) is 8.39. The van der Waals surface area contributed by atoms with Crippen LogP contribution >= 0.6 is 0 Å². The molecule has 0 aliphatic heterocycles. The van der Waals surface area contributed by atoms with E-state index in [0.717, 1.165) is 18.3 Å². The van der Waals surface area contributed by atoms with Gasteiger partial charge in [-0.1, -0.05) is 12.5 Å². The Balaban J connectivity index is 0. The van der Waals surface area contributed by atoms with Gasteiger partial charge in [0.25, 0.3) is 0 Å². The monoisotopic (exact) mass is 170 g/mol. The molecule has 0 amide bonds. The van der Waals surface area contributed by atoms with E-state index in [1.807, 2.05) is 20.8 Å². The van der Waals surface area contributed by atoms with Crippen molar-refractivity contribution in [3.05, 3.63) is 11.6 Å². The second kappa shape index (κ2) is 10.1. The summed E-state index contributed by atoms with van der Waals surface area (Å²) in [6.45, 7) is 7.34. The first-order valence-corrected chi connectivity index (χ1v) is 4.13. The maximum atomic E-state index is 10.2. The SMILES string of the molecule is CC(=O)C=C(C)C.CCCC=O. The van der Waals surface area contributed by atoms with Crippen LogP contribution in [0.25, 0.3) is 0 Å². The molecule has 0 bridgehead atoms. The van der Waals surface area contributed by atoms with Crippen LogP contribution in [0.2, 0.25) is 0 Å². The van der Waals surface area contributed by atoms with Gasteiger partial charge >= 0.3 is 0 Å². The molecule has 0 atom stereocenters. The Labute approximate surface area is 74.7 Å². The smallest absolute Gasteiger partial charge is 0.152 e. The van der Waals surface area contributed by atoms with Crippen LogP contribution in [0.5, 0.6) is 0 Å². The molecule has 2 nitrogen and oxygen atoms in total. The van der Waals surface area contributed by atoms with Gasteiger partial charge < -0.3 is 4.79 Å². The van der Waals surface area contributed by atoms with Gasteiger partial charge in [0.05, 0.1) is 0 Å². The third-order valence-electron chi connectivity index (χ3n) is 0.898. The Morgan fingerprint density at radius 1 is 1.25 bits per heavy atom. The summed E-state index contributed by atoms with van der Waals surface area (Å²) in [5.41, 5.74) is 1.06. The second-order valence-electron chi connectivity index (χ2n) is 2.79. The van der Waals surface area contributed by atoms with Crippen molar-refractivity contribution >= 4 is 12.1 Å². The molecule has 0 N–H and O–H groups in total. The Morgan fingerprint density at radius 3 is 1.75 bits per heavy atom. The van der Waals surface area contributed by atoms with Gasteiger partial charge in [0.1, 0.15) is 6.29 Å². The van der Waals surface area contributed by atoms with Crippen molar-refractivity contribution in [1.82, 2.24) is 0 Å². The lowest BCUT2D eigenvalue weighted by Gasteiger charge is -1.80. The van der Waals surface area contributed by atoms with Crippen molar-refractivity contribution < 1.29 is 9.59 Å². The number of carbonyl (C=O) groups excluding carboxylic acids is 2. The second-order valence-corrected chi connectivity index (χ2v) is 2.79. The Kier molecular flexibility index (Phi) is 11.5. The van der Waals surface area contributed by atoms with Crippen molar-refractivity contribution in [3.8, 4) is 0 Å². The fourth-order valence-corrected chi connectivity index (χ4v) is 0.524. The van der Waals surface area contributed by atoms with Gasteiger partial charge in [0.2, 0.25) is 0 Å². The minimum absolute atomic E-state index is 0.125. The summed E-state index contributed by atoms with van der Waals surface area (Å²) in [7, 11) is 0. The lowest BCUT2D eigenvalue weighted by molar-refractivity contribution is -0.112. The maximum Gasteiger partial charge on any atom is 0.152 e. The Morgan fingerprint density at radius 2 is 1.75 bits per heavy atom. The summed E-state index contributed by atoms with van der Waals surface area (Å²) in [6.07, 6.45) is 4.23. The van der Waals surface area contributed by atoms with E-state index < -0.39 is 0 Å². The number of carbonyl (C=O) groups is 2. The van der Waals surface area contributed by atoms with E-state index in [0.29, 0.717) is 6.42 Å². The van der Waals surface area contributed by atoms with E-state index in [1.54, 1.807) is 13.0 Å². The largest absolute Gasteiger partial charge is 0.303 e. The molecular weight excluding hydrogens is 152 g/mol. The van der Waals surface area contributed by atoms with Crippen LogP contribution in [0.4, 0.5) is 0 Å². The first-order valence-electron chi connectivity index (χ1n) is 4.13. The molecular formula is C10H18O2. The fraction of sp³-hybridized carbons (Fsp3) is 0.600. The molecule has 0 saturated heterocycles. The van der Waals surface area contributed by atoms with Crippen molar-refractivity contribution in [3.63, 3.8) is 0 Å². The summed E-state index contributed by atoms with van der Waals surface area (Å²) in [5.74, 6) is 0.125. The predicted molar refractivity (Wildman–Crippen MR) is 51.1 cm³/mol. The lowest BCUT2D eigenvalue weighted by atomic mass is 10.3. The summed E-state index contributed by atoms with van der Waals surface area (Å²) in [6, 6.07) is 0. The highest BCUT2D eigenvalue weighted by atomic mass is 16.1. The molecule has 0 aliphatic rings. The Hall–Kier alpha value is -0.920. The third kappa shape index (κ3) is 23.0. The number of aldehydes is 1. The number of ketones is 1. The summed E-state index contributed by atoms with van der Waals surface area (Å²) < 4.78 is 0. The van der Waals surface area contributed by atoms with E-state index in [4.69, 9.17) is 0 Å². The molecule has 0 aromatic heterocycles. The quantitative estimate of drug-likeness (QED) is 0.482. The lowest BCUT2D eigenvalue weighted by Crippen LogP contribution is -1.80. The van der Waals surface area contributed by atoms with Crippen LogP contribution in [-0.2, 0) is 9.59 Å². The van der Waals surface area contributed by atoms with Crippen molar-refractivity contribution in [1.29, 1.82) is 0 Å². The van der Waals surface area contributed by atoms with E-state index in [2.05, 4.69) is 0 Å². The van der Waals surface area contributed by atoms with Crippen LogP contribution in [0.3, 0.4) is 0 Å². The molecule has 0 unspecified atom stereocenters. The highest BCUT2D eigenvalue weighted by Gasteiger charge is 1.80.